The molecule has 0 radical (unpaired) electrons. The molecule has 1 fully saturated rings. The van der Waals surface area contributed by atoms with Crippen LogP contribution in [0.25, 0.3) is 0 Å². The van der Waals surface area contributed by atoms with E-state index in [-0.39, 0.29) is 0 Å². The summed E-state index contributed by atoms with van der Waals surface area (Å²) in [5, 5.41) is 11.8. The van der Waals surface area contributed by atoms with Crippen molar-refractivity contribution in [3.8, 4) is 0 Å². The topological polar surface area (TPSA) is 42.7 Å². The van der Waals surface area contributed by atoms with Gasteiger partial charge in [-0.15, -0.1) is 10.2 Å². The van der Waals surface area contributed by atoms with Gasteiger partial charge >= 0.3 is 0 Å². The summed E-state index contributed by atoms with van der Waals surface area (Å²) in [6.07, 6.45) is 4.98. The maximum Gasteiger partial charge on any atom is 0.132 e. The number of piperidine rings is 1. The number of nitrogens with zero attached hydrogens (tertiary/aromatic N) is 3. The summed E-state index contributed by atoms with van der Waals surface area (Å²) in [7, 11) is 0. The summed E-state index contributed by atoms with van der Waals surface area (Å²) in [6.45, 7) is 7.55. The van der Waals surface area contributed by atoms with Gasteiger partial charge in [-0.1, -0.05) is 0 Å². The third-order valence-corrected chi connectivity index (χ3v) is 3.56. The van der Waals surface area contributed by atoms with Crippen molar-refractivity contribution in [2.75, 3.05) is 13.1 Å². The number of hydrogen-bond acceptors (Lipinski definition) is 3. The Morgan fingerprint density at radius 3 is 2.75 bits per heavy atom. The lowest BCUT2D eigenvalue weighted by Gasteiger charge is -2.22. The third kappa shape index (κ3) is 2.61. The van der Waals surface area contributed by atoms with Crippen molar-refractivity contribution in [2.24, 2.45) is 5.92 Å². The lowest BCUT2D eigenvalue weighted by atomic mass is 9.93. The smallest absolute Gasteiger partial charge is 0.132 e. The van der Waals surface area contributed by atoms with Crippen LogP contribution in [0.4, 0.5) is 0 Å². The molecule has 1 N–H and O–H groups in total. The predicted molar refractivity (Wildman–Crippen MR) is 64.3 cm³/mol. The van der Waals surface area contributed by atoms with E-state index >= 15 is 0 Å². The molecule has 2 heterocycles. The van der Waals surface area contributed by atoms with E-state index in [4.69, 9.17) is 0 Å². The molecule has 2 rings (SSSR count). The standard InChI is InChI=1S/C12H22N4/c1-3-16-10(2)14-15-12(16)5-4-11-6-8-13-9-7-11/h11,13H,3-9H2,1-2H3. The minimum absolute atomic E-state index is 0.878. The average Bonchev–Trinajstić information content (AvgIpc) is 2.68. The largest absolute Gasteiger partial charge is 0.317 e. The van der Waals surface area contributed by atoms with Crippen LogP contribution in [0.15, 0.2) is 0 Å². The highest BCUT2D eigenvalue weighted by molar-refractivity contribution is 4.94. The molecule has 16 heavy (non-hydrogen) atoms. The predicted octanol–water partition coefficient (Wildman–Crippen LogP) is 1.54. The third-order valence-electron chi connectivity index (χ3n) is 3.56. The van der Waals surface area contributed by atoms with Crippen molar-refractivity contribution >= 4 is 0 Å². The zero-order valence-corrected chi connectivity index (χ0v) is 10.4. The van der Waals surface area contributed by atoms with Crippen LogP contribution in [-0.2, 0) is 13.0 Å². The Hall–Kier alpha value is -0.900. The van der Waals surface area contributed by atoms with E-state index in [1.807, 2.05) is 6.92 Å². The number of nitrogens with one attached hydrogen (secondary N) is 1. The van der Waals surface area contributed by atoms with Crippen LogP contribution in [0.1, 0.15) is 37.8 Å². The molecule has 0 atom stereocenters. The van der Waals surface area contributed by atoms with E-state index in [0.29, 0.717) is 0 Å². The molecule has 0 spiro atoms. The van der Waals surface area contributed by atoms with Gasteiger partial charge in [0.05, 0.1) is 0 Å². The molecule has 1 aromatic rings. The molecule has 0 unspecified atom stereocenters. The maximum absolute atomic E-state index is 4.27. The maximum atomic E-state index is 4.27. The molecule has 90 valence electrons. The van der Waals surface area contributed by atoms with Crippen LogP contribution in [0.3, 0.4) is 0 Å². The molecule has 0 amide bonds. The van der Waals surface area contributed by atoms with Crippen molar-refractivity contribution in [3.63, 3.8) is 0 Å². The summed E-state index contributed by atoms with van der Waals surface area (Å²) in [4.78, 5) is 0. The SMILES string of the molecule is CCn1c(C)nnc1CCC1CCNCC1. The monoisotopic (exact) mass is 222 g/mol. The first-order valence-corrected chi connectivity index (χ1v) is 6.40. The summed E-state index contributed by atoms with van der Waals surface area (Å²) in [6, 6.07) is 0. The van der Waals surface area contributed by atoms with Crippen molar-refractivity contribution in [1.29, 1.82) is 0 Å². The van der Waals surface area contributed by atoms with Crippen molar-refractivity contribution < 1.29 is 0 Å². The molecule has 0 bridgehead atoms. The molecule has 0 aliphatic carbocycles. The van der Waals surface area contributed by atoms with Gasteiger partial charge in [0.2, 0.25) is 0 Å². The normalized spacial score (nSPS) is 17.9. The Balaban J connectivity index is 1.88. The minimum atomic E-state index is 0.878. The molecule has 0 saturated carbocycles. The summed E-state index contributed by atoms with van der Waals surface area (Å²) >= 11 is 0. The Morgan fingerprint density at radius 1 is 1.31 bits per heavy atom. The fourth-order valence-corrected chi connectivity index (χ4v) is 2.52. The van der Waals surface area contributed by atoms with Crippen molar-refractivity contribution in [3.05, 3.63) is 11.6 Å². The van der Waals surface area contributed by atoms with Gasteiger partial charge in [0, 0.05) is 13.0 Å². The highest BCUT2D eigenvalue weighted by atomic mass is 15.3. The fourth-order valence-electron chi connectivity index (χ4n) is 2.52. The molecule has 4 heteroatoms. The summed E-state index contributed by atoms with van der Waals surface area (Å²) in [5.74, 6) is 3.09. The Kier molecular flexibility index (Phi) is 3.93. The van der Waals surface area contributed by atoms with E-state index in [1.165, 1.54) is 38.2 Å². The van der Waals surface area contributed by atoms with Crippen LogP contribution in [-0.4, -0.2) is 27.9 Å². The van der Waals surface area contributed by atoms with E-state index < -0.39 is 0 Å². The van der Waals surface area contributed by atoms with Crippen LogP contribution >= 0.6 is 0 Å². The van der Waals surface area contributed by atoms with Gasteiger partial charge in [0.25, 0.3) is 0 Å². The molecule has 1 saturated heterocycles. The van der Waals surface area contributed by atoms with Gasteiger partial charge in [0.15, 0.2) is 0 Å². The highest BCUT2D eigenvalue weighted by Crippen LogP contribution is 2.18. The van der Waals surface area contributed by atoms with Crippen LogP contribution in [0.5, 0.6) is 0 Å². The van der Waals surface area contributed by atoms with Gasteiger partial charge in [-0.25, -0.2) is 0 Å². The highest BCUT2D eigenvalue weighted by Gasteiger charge is 2.14. The van der Waals surface area contributed by atoms with E-state index in [0.717, 1.165) is 24.7 Å². The van der Waals surface area contributed by atoms with Gasteiger partial charge in [0.1, 0.15) is 11.6 Å². The number of aryl methyl sites for hydroxylation is 2. The first-order valence-electron chi connectivity index (χ1n) is 6.40. The first-order chi connectivity index (χ1) is 7.81. The molecular weight excluding hydrogens is 200 g/mol. The van der Waals surface area contributed by atoms with E-state index in [2.05, 4.69) is 27.0 Å². The lowest BCUT2D eigenvalue weighted by molar-refractivity contribution is 0.350. The van der Waals surface area contributed by atoms with Crippen LogP contribution in [0.2, 0.25) is 0 Å². The van der Waals surface area contributed by atoms with Gasteiger partial charge in [-0.3, -0.25) is 0 Å². The van der Waals surface area contributed by atoms with Gasteiger partial charge in [-0.05, 0) is 52.1 Å². The second-order valence-electron chi connectivity index (χ2n) is 4.64. The Morgan fingerprint density at radius 2 is 2.06 bits per heavy atom. The fraction of sp³-hybridized carbons (Fsp3) is 0.833. The lowest BCUT2D eigenvalue weighted by Crippen LogP contribution is -2.28. The number of aromatic nitrogens is 3. The van der Waals surface area contributed by atoms with Crippen LogP contribution < -0.4 is 5.32 Å². The molecule has 1 aromatic heterocycles. The first kappa shape index (κ1) is 11.6. The summed E-state index contributed by atoms with van der Waals surface area (Å²) < 4.78 is 2.22. The van der Waals surface area contributed by atoms with E-state index in [1.54, 1.807) is 0 Å². The second-order valence-corrected chi connectivity index (χ2v) is 4.64. The number of hydrogen-bond donors (Lipinski definition) is 1. The zero-order chi connectivity index (χ0) is 11.4. The molecular formula is C12H22N4. The Bertz CT molecular complexity index is 326. The average molecular weight is 222 g/mol. The minimum Gasteiger partial charge on any atom is -0.317 e. The van der Waals surface area contributed by atoms with Gasteiger partial charge in [-0.2, -0.15) is 0 Å². The van der Waals surface area contributed by atoms with Crippen molar-refractivity contribution in [1.82, 2.24) is 20.1 Å². The van der Waals surface area contributed by atoms with Gasteiger partial charge < -0.3 is 9.88 Å². The number of rotatable bonds is 4. The zero-order valence-electron chi connectivity index (χ0n) is 10.4. The van der Waals surface area contributed by atoms with Crippen molar-refractivity contribution in [2.45, 2.75) is 46.1 Å². The second kappa shape index (κ2) is 5.43. The molecule has 1 aliphatic heterocycles. The molecule has 1 aliphatic rings. The van der Waals surface area contributed by atoms with E-state index in [9.17, 15) is 0 Å². The summed E-state index contributed by atoms with van der Waals surface area (Å²) in [5.41, 5.74) is 0. The molecule has 4 nitrogen and oxygen atoms in total. The molecule has 0 aromatic carbocycles. The van der Waals surface area contributed by atoms with Crippen LogP contribution in [0, 0.1) is 12.8 Å². The Labute approximate surface area is 97.5 Å². The quantitative estimate of drug-likeness (QED) is 0.840.